The van der Waals surface area contributed by atoms with E-state index in [9.17, 15) is 13.2 Å². The average molecular weight is 331 g/mol. The lowest BCUT2D eigenvalue weighted by Crippen LogP contribution is -2.24. The van der Waals surface area contributed by atoms with E-state index in [0.29, 0.717) is 12.3 Å². The normalized spacial score (nSPS) is 12.9. The van der Waals surface area contributed by atoms with Gasteiger partial charge in [0.05, 0.1) is 17.9 Å². The molecule has 1 aromatic carbocycles. The molecule has 0 aromatic heterocycles. The van der Waals surface area contributed by atoms with Crippen molar-refractivity contribution >= 4 is 27.8 Å². The van der Waals surface area contributed by atoms with Gasteiger partial charge in [-0.25, -0.2) is 13.1 Å². The molecule has 0 fully saturated rings. The minimum Gasteiger partial charge on any atom is -0.469 e. The quantitative estimate of drug-likeness (QED) is 0.584. The molecule has 7 heteroatoms. The highest BCUT2D eigenvalue weighted by molar-refractivity contribution is 7.99. The summed E-state index contributed by atoms with van der Waals surface area (Å²) in [7, 11) is -2.05. The van der Waals surface area contributed by atoms with E-state index in [1.807, 2.05) is 6.92 Å². The third-order valence-corrected chi connectivity index (χ3v) is 5.53. The van der Waals surface area contributed by atoms with Crippen molar-refractivity contribution in [3.63, 3.8) is 0 Å². The molecule has 0 aliphatic rings. The molecule has 0 bridgehead atoms. The van der Waals surface area contributed by atoms with Crippen LogP contribution in [0.4, 0.5) is 0 Å². The first-order chi connectivity index (χ1) is 9.90. The van der Waals surface area contributed by atoms with Gasteiger partial charge in [0, 0.05) is 17.2 Å². The van der Waals surface area contributed by atoms with Gasteiger partial charge in [0.2, 0.25) is 10.0 Å². The number of nitrogens with one attached hydrogen (secondary N) is 1. The molecular weight excluding hydrogens is 310 g/mol. The van der Waals surface area contributed by atoms with Crippen LogP contribution in [0.5, 0.6) is 0 Å². The third kappa shape index (κ3) is 5.68. The predicted molar refractivity (Wildman–Crippen MR) is 83.8 cm³/mol. The fourth-order valence-electron chi connectivity index (χ4n) is 1.53. The van der Waals surface area contributed by atoms with Gasteiger partial charge >= 0.3 is 5.97 Å². The van der Waals surface area contributed by atoms with Crippen LogP contribution in [0.3, 0.4) is 0 Å². The molecule has 0 saturated carbocycles. The van der Waals surface area contributed by atoms with Crippen LogP contribution in [0.25, 0.3) is 0 Å². The number of ether oxygens (including phenoxy) is 1. The van der Waals surface area contributed by atoms with Crippen molar-refractivity contribution in [2.75, 3.05) is 19.4 Å². The lowest BCUT2D eigenvalue weighted by atomic mass is 10.2. The van der Waals surface area contributed by atoms with Gasteiger partial charge in [0.1, 0.15) is 0 Å². The molecule has 118 valence electrons. The van der Waals surface area contributed by atoms with Crippen LogP contribution in [0.1, 0.15) is 20.3 Å². The second-order valence-corrected chi connectivity index (χ2v) is 7.46. The van der Waals surface area contributed by atoms with Crippen molar-refractivity contribution in [1.29, 1.82) is 0 Å². The largest absolute Gasteiger partial charge is 0.469 e. The molecule has 0 aliphatic carbocycles. The maximum atomic E-state index is 11.9. The zero-order valence-corrected chi connectivity index (χ0v) is 14.1. The zero-order chi connectivity index (χ0) is 15.9. The summed E-state index contributed by atoms with van der Waals surface area (Å²) in [5.74, 6) is 0.146. The van der Waals surface area contributed by atoms with Gasteiger partial charge < -0.3 is 4.74 Å². The Hall–Kier alpha value is -1.05. The molecule has 0 heterocycles. The van der Waals surface area contributed by atoms with Gasteiger partial charge in [-0.1, -0.05) is 13.8 Å². The molecule has 1 rings (SSSR count). The molecule has 1 unspecified atom stereocenters. The van der Waals surface area contributed by atoms with E-state index in [4.69, 9.17) is 0 Å². The molecule has 1 aromatic rings. The van der Waals surface area contributed by atoms with E-state index in [2.05, 4.69) is 9.46 Å². The summed E-state index contributed by atoms with van der Waals surface area (Å²) in [5, 5.41) is 0. The number of hydrogen-bond donors (Lipinski definition) is 1. The number of carbonyl (C=O) groups excluding carboxylic acids is 1. The number of carbonyl (C=O) groups is 1. The van der Waals surface area contributed by atoms with E-state index >= 15 is 0 Å². The van der Waals surface area contributed by atoms with E-state index in [0.717, 1.165) is 11.3 Å². The number of methoxy groups -OCH3 is 1. The van der Waals surface area contributed by atoms with Crippen LogP contribution >= 0.6 is 11.8 Å². The molecule has 1 N–H and O–H groups in total. The maximum Gasteiger partial charge on any atom is 0.309 e. The number of rotatable bonds is 8. The number of esters is 1. The number of hydrogen-bond acceptors (Lipinski definition) is 5. The minimum atomic E-state index is -3.42. The van der Waals surface area contributed by atoms with Crippen LogP contribution in [0.2, 0.25) is 0 Å². The topological polar surface area (TPSA) is 72.5 Å². The highest BCUT2D eigenvalue weighted by Crippen LogP contribution is 2.22. The average Bonchev–Trinajstić information content (AvgIpc) is 2.50. The van der Waals surface area contributed by atoms with Crippen molar-refractivity contribution in [2.45, 2.75) is 30.1 Å². The molecular formula is C14H21NO4S2. The SMILES string of the molecule is CCCNS(=O)(=O)c1ccc(SCC(C)C(=O)OC)cc1. The third-order valence-electron chi connectivity index (χ3n) is 2.78. The Labute approximate surface area is 130 Å². The van der Waals surface area contributed by atoms with Crippen LogP contribution in [-0.2, 0) is 19.6 Å². The summed E-state index contributed by atoms with van der Waals surface area (Å²) >= 11 is 1.49. The van der Waals surface area contributed by atoms with Crippen molar-refractivity contribution in [2.24, 2.45) is 5.92 Å². The maximum absolute atomic E-state index is 11.9. The van der Waals surface area contributed by atoms with Crippen LogP contribution in [0, 0.1) is 5.92 Å². The van der Waals surface area contributed by atoms with Crippen molar-refractivity contribution in [1.82, 2.24) is 4.72 Å². The van der Waals surface area contributed by atoms with Crippen molar-refractivity contribution < 1.29 is 17.9 Å². The van der Waals surface area contributed by atoms with Crippen LogP contribution in [-0.4, -0.2) is 33.8 Å². The summed E-state index contributed by atoms with van der Waals surface area (Å²) < 4.78 is 31.0. The highest BCUT2D eigenvalue weighted by atomic mass is 32.2. The molecule has 5 nitrogen and oxygen atoms in total. The highest BCUT2D eigenvalue weighted by Gasteiger charge is 2.15. The summed E-state index contributed by atoms with van der Waals surface area (Å²) in [5.41, 5.74) is 0. The lowest BCUT2D eigenvalue weighted by Gasteiger charge is -2.09. The van der Waals surface area contributed by atoms with Crippen LogP contribution < -0.4 is 4.72 Å². The Bertz CT molecular complexity index is 555. The van der Waals surface area contributed by atoms with Gasteiger partial charge in [-0.15, -0.1) is 11.8 Å². The van der Waals surface area contributed by atoms with Gasteiger partial charge in [0.15, 0.2) is 0 Å². The molecule has 1 atom stereocenters. The fraction of sp³-hybridized carbons (Fsp3) is 0.500. The second-order valence-electron chi connectivity index (χ2n) is 4.60. The summed E-state index contributed by atoms with van der Waals surface area (Å²) in [4.78, 5) is 12.5. The smallest absolute Gasteiger partial charge is 0.309 e. The Morgan fingerprint density at radius 2 is 1.95 bits per heavy atom. The van der Waals surface area contributed by atoms with Gasteiger partial charge in [0.25, 0.3) is 0 Å². The molecule has 0 saturated heterocycles. The number of sulfonamides is 1. The molecule has 0 radical (unpaired) electrons. The Kier molecular flexibility index (Phi) is 7.21. The van der Waals surface area contributed by atoms with E-state index in [-0.39, 0.29) is 16.8 Å². The van der Waals surface area contributed by atoms with Gasteiger partial charge in [-0.05, 0) is 30.7 Å². The standard InChI is InChI=1S/C14H21NO4S2/c1-4-9-15-21(17,18)13-7-5-12(6-8-13)20-10-11(2)14(16)19-3/h5-8,11,15H,4,9-10H2,1-3H3. The Balaban J connectivity index is 2.64. The molecule has 21 heavy (non-hydrogen) atoms. The van der Waals surface area contributed by atoms with E-state index in [1.54, 1.807) is 31.2 Å². The second kappa shape index (κ2) is 8.41. The fourth-order valence-corrected chi connectivity index (χ4v) is 3.57. The zero-order valence-electron chi connectivity index (χ0n) is 12.5. The van der Waals surface area contributed by atoms with Gasteiger partial charge in [-0.2, -0.15) is 0 Å². The van der Waals surface area contributed by atoms with Crippen molar-refractivity contribution in [3.8, 4) is 0 Å². The summed E-state index contributed by atoms with van der Waals surface area (Å²) in [6.07, 6.45) is 0.749. The Morgan fingerprint density at radius 3 is 2.48 bits per heavy atom. The lowest BCUT2D eigenvalue weighted by molar-refractivity contribution is -0.143. The number of benzene rings is 1. The first-order valence-corrected chi connectivity index (χ1v) is 9.18. The predicted octanol–water partition coefficient (Wildman–Crippen LogP) is 2.28. The minimum absolute atomic E-state index is 0.199. The van der Waals surface area contributed by atoms with Gasteiger partial charge in [-0.3, -0.25) is 4.79 Å². The Morgan fingerprint density at radius 1 is 1.33 bits per heavy atom. The van der Waals surface area contributed by atoms with E-state index < -0.39 is 10.0 Å². The monoisotopic (exact) mass is 331 g/mol. The summed E-state index contributed by atoms with van der Waals surface area (Å²) in [6.45, 7) is 4.13. The van der Waals surface area contributed by atoms with Crippen molar-refractivity contribution in [3.05, 3.63) is 24.3 Å². The first-order valence-electron chi connectivity index (χ1n) is 6.71. The number of thioether (sulfide) groups is 1. The first kappa shape index (κ1) is 18.0. The van der Waals surface area contributed by atoms with Crippen LogP contribution in [0.15, 0.2) is 34.1 Å². The summed E-state index contributed by atoms with van der Waals surface area (Å²) in [6, 6.07) is 6.64. The molecule has 0 spiro atoms. The molecule has 0 amide bonds. The molecule has 0 aliphatic heterocycles. The van der Waals surface area contributed by atoms with E-state index in [1.165, 1.54) is 18.9 Å².